The van der Waals surface area contributed by atoms with E-state index in [-0.39, 0.29) is 5.91 Å². The highest BCUT2D eigenvalue weighted by molar-refractivity contribution is 5.76. The highest BCUT2D eigenvalue weighted by atomic mass is 16.5. The van der Waals surface area contributed by atoms with Gasteiger partial charge in [-0.3, -0.25) is 9.69 Å². The van der Waals surface area contributed by atoms with Gasteiger partial charge in [-0.15, -0.1) is 0 Å². The van der Waals surface area contributed by atoms with Crippen molar-refractivity contribution >= 4 is 11.6 Å². The lowest BCUT2D eigenvalue weighted by Crippen LogP contribution is -2.32. The molecule has 1 amide bonds. The van der Waals surface area contributed by atoms with Gasteiger partial charge in [-0.05, 0) is 49.2 Å². The zero-order valence-electron chi connectivity index (χ0n) is 17.9. The minimum Gasteiger partial charge on any atom is -0.497 e. The lowest BCUT2D eigenvalue weighted by atomic mass is 10.1. The second kappa shape index (κ2) is 10.3. The lowest BCUT2D eigenvalue weighted by Gasteiger charge is -2.23. The van der Waals surface area contributed by atoms with Crippen molar-refractivity contribution in [3.8, 4) is 5.75 Å². The fourth-order valence-corrected chi connectivity index (χ4v) is 3.85. The van der Waals surface area contributed by atoms with Crippen LogP contribution >= 0.6 is 0 Å². The zero-order valence-corrected chi connectivity index (χ0v) is 17.9. The van der Waals surface area contributed by atoms with Gasteiger partial charge >= 0.3 is 0 Å². The molecular formula is C24H33N3O2. The quantitative estimate of drug-likeness (QED) is 0.682. The van der Waals surface area contributed by atoms with Gasteiger partial charge in [0.1, 0.15) is 5.75 Å². The van der Waals surface area contributed by atoms with Gasteiger partial charge in [-0.1, -0.05) is 24.3 Å². The Hall–Kier alpha value is -2.53. The number of ether oxygens (including phenoxy) is 1. The van der Waals surface area contributed by atoms with Gasteiger partial charge in [0.25, 0.3) is 0 Å². The molecule has 5 heteroatoms. The number of amides is 1. The van der Waals surface area contributed by atoms with Crippen LogP contribution in [0.4, 0.5) is 5.69 Å². The SMILES string of the molecule is CCN(CC)c1ccc(CN2CCC(=O)N(Cc3ccc(OC)cc3)CC2)cc1. The molecule has 3 rings (SSSR count). The average Bonchev–Trinajstić information content (AvgIpc) is 2.92. The molecule has 2 aromatic rings. The van der Waals surface area contributed by atoms with Crippen LogP contribution in [0.3, 0.4) is 0 Å². The molecule has 29 heavy (non-hydrogen) atoms. The second-order valence-corrected chi connectivity index (χ2v) is 7.53. The van der Waals surface area contributed by atoms with Crippen molar-refractivity contribution in [2.45, 2.75) is 33.4 Å². The molecule has 1 aliphatic heterocycles. The van der Waals surface area contributed by atoms with Gasteiger partial charge < -0.3 is 14.5 Å². The van der Waals surface area contributed by atoms with Gasteiger partial charge in [0, 0.05) is 57.9 Å². The minimum absolute atomic E-state index is 0.236. The Labute approximate surface area is 174 Å². The number of benzene rings is 2. The van der Waals surface area contributed by atoms with E-state index in [4.69, 9.17) is 4.74 Å². The molecule has 5 nitrogen and oxygen atoms in total. The molecule has 0 atom stereocenters. The van der Waals surface area contributed by atoms with Gasteiger partial charge in [0.2, 0.25) is 5.91 Å². The standard InChI is InChI=1S/C24H33N3O2/c1-4-26(5-2)22-10-6-20(7-11-22)18-25-15-14-24(28)27(17-16-25)19-21-8-12-23(29-3)13-9-21/h6-13H,4-5,14-19H2,1-3H3. The maximum atomic E-state index is 12.6. The number of nitrogens with zero attached hydrogens (tertiary/aromatic N) is 3. The monoisotopic (exact) mass is 395 g/mol. The molecule has 0 radical (unpaired) electrons. The number of hydrogen-bond donors (Lipinski definition) is 0. The molecule has 1 heterocycles. The minimum atomic E-state index is 0.236. The maximum absolute atomic E-state index is 12.6. The van der Waals surface area contributed by atoms with E-state index in [1.54, 1.807) is 7.11 Å². The Morgan fingerprint density at radius 3 is 2.10 bits per heavy atom. The molecule has 0 unspecified atom stereocenters. The van der Waals surface area contributed by atoms with Crippen molar-refractivity contribution < 1.29 is 9.53 Å². The Morgan fingerprint density at radius 2 is 1.48 bits per heavy atom. The summed E-state index contributed by atoms with van der Waals surface area (Å²) in [6.45, 7) is 10.4. The molecular weight excluding hydrogens is 362 g/mol. The van der Waals surface area contributed by atoms with Crippen molar-refractivity contribution in [3.63, 3.8) is 0 Å². The molecule has 0 N–H and O–H groups in total. The summed E-state index contributed by atoms with van der Waals surface area (Å²) in [6.07, 6.45) is 0.577. The normalized spacial score (nSPS) is 15.3. The van der Waals surface area contributed by atoms with Crippen LogP contribution in [0.2, 0.25) is 0 Å². The van der Waals surface area contributed by atoms with Crippen molar-refractivity contribution in [2.75, 3.05) is 44.7 Å². The molecule has 0 bridgehead atoms. The lowest BCUT2D eigenvalue weighted by molar-refractivity contribution is -0.130. The molecule has 0 spiro atoms. The van der Waals surface area contributed by atoms with Crippen LogP contribution in [0, 0.1) is 0 Å². The van der Waals surface area contributed by atoms with E-state index in [2.05, 4.69) is 47.9 Å². The van der Waals surface area contributed by atoms with Gasteiger partial charge in [0.15, 0.2) is 0 Å². The first-order chi connectivity index (χ1) is 14.1. The molecule has 1 fully saturated rings. The third-order valence-corrected chi connectivity index (χ3v) is 5.68. The molecule has 0 aromatic heterocycles. The summed E-state index contributed by atoms with van der Waals surface area (Å²) < 4.78 is 5.21. The van der Waals surface area contributed by atoms with E-state index < -0.39 is 0 Å². The molecule has 1 saturated heterocycles. The van der Waals surface area contributed by atoms with Crippen molar-refractivity contribution in [1.29, 1.82) is 0 Å². The third kappa shape index (κ3) is 5.73. The predicted octanol–water partition coefficient (Wildman–Crippen LogP) is 3.78. The van der Waals surface area contributed by atoms with Crippen LogP contribution in [0.25, 0.3) is 0 Å². The van der Waals surface area contributed by atoms with Crippen LogP contribution in [0.5, 0.6) is 5.75 Å². The van der Waals surface area contributed by atoms with Gasteiger partial charge in [0.05, 0.1) is 7.11 Å². The number of methoxy groups -OCH3 is 1. The summed E-state index contributed by atoms with van der Waals surface area (Å²) in [5, 5.41) is 0. The van der Waals surface area contributed by atoms with Crippen molar-refractivity contribution in [1.82, 2.24) is 9.80 Å². The molecule has 0 aliphatic carbocycles. The van der Waals surface area contributed by atoms with E-state index >= 15 is 0 Å². The van der Waals surface area contributed by atoms with Crippen LogP contribution in [-0.2, 0) is 17.9 Å². The summed E-state index contributed by atoms with van der Waals surface area (Å²) in [6, 6.07) is 16.8. The van der Waals surface area contributed by atoms with Crippen LogP contribution in [0.15, 0.2) is 48.5 Å². The van der Waals surface area contributed by atoms with E-state index in [9.17, 15) is 4.79 Å². The smallest absolute Gasteiger partial charge is 0.224 e. The second-order valence-electron chi connectivity index (χ2n) is 7.53. The fourth-order valence-electron chi connectivity index (χ4n) is 3.85. The highest BCUT2D eigenvalue weighted by Gasteiger charge is 2.21. The van der Waals surface area contributed by atoms with E-state index in [1.807, 2.05) is 29.2 Å². The Morgan fingerprint density at radius 1 is 0.862 bits per heavy atom. The Kier molecular flexibility index (Phi) is 7.53. The summed E-state index contributed by atoms with van der Waals surface area (Å²) in [7, 11) is 1.67. The van der Waals surface area contributed by atoms with Gasteiger partial charge in [-0.2, -0.15) is 0 Å². The summed E-state index contributed by atoms with van der Waals surface area (Å²) in [5.74, 6) is 1.08. The number of carbonyl (C=O) groups excluding carboxylic acids is 1. The number of hydrogen-bond acceptors (Lipinski definition) is 4. The Bertz CT molecular complexity index is 770. The molecule has 0 saturated carbocycles. The predicted molar refractivity (Wildman–Crippen MR) is 118 cm³/mol. The molecule has 2 aromatic carbocycles. The van der Waals surface area contributed by atoms with Crippen molar-refractivity contribution in [3.05, 3.63) is 59.7 Å². The van der Waals surface area contributed by atoms with Gasteiger partial charge in [-0.25, -0.2) is 0 Å². The average molecular weight is 396 g/mol. The van der Waals surface area contributed by atoms with E-state index in [1.165, 1.54) is 11.3 Å². The topological polar surface area (TPSA) is 36.0 Å². The first kappa shape index (κ1) is 21.2. The fraction of sp³-hybridized carbons (Fsp3) is 0.458. The number of anilines is 1. The van der Waals surface area contributed by atoms with Crippen LogP contribution in [0.1, 0.15) is 31.4 Å². The Balaban J connectivity index is 1.56. The van der Waals surface area contributed by atoms with Crippen molar-refractivity contribution in [2.24, 2.45) is 0 Å². The number of carbonyl (C=O) groups is 1. The summed E-state index contributed by atoms with van der Waals surface area (Å²) >= 11 is 0. The highest BCUT2D eigenvalue weighted by Crippen LogP contribution is 2.18. The van der Waals surface area contributed by atoms with Crippen LogP contribution in [-0.4, -0.2) is 55.5 Å². The maximum Gasteiger partial charge on any atom is 0.224 e. The zero-order chi connectivity index (χ0) is 20.6. The summed E-state index contributed by atoms with van der Waals surface area (Å²) in [5.41, 5.74) is 3.71. The molecule has 1 aliphatic rings. The first-order valence-corrected chi connectivity index (χ1v) is 10.6. The molecule has 156 valence electrons. The summed E-state index contributed by atoms with van der Waals surface area (Å²) in [4.78, 5) is 19.3. The van der Waals surface area contributed by atoms with E-state index in [0.717, 1.165) is 50.6 Å². The third-order valence-electron chi connectivity index (χ3n) is 5.68. The van der Waals surface area contributed by atoms with E-state index in [0.29, 0.717) is 13.0 Å². The van der Waals surface area contributed by atoms with Crippen LogP contribution < -0.4 is 9.64 Å². The first-order valence-electron chi connectivity index (χ1n) is 10.6. The largest absolute Gasteiger partial charge is 0.497 e. The number of rotatable bonds is 8.